The fourth-order valence-corrected chi connectivity index (χ4v) is 1.16. The lowest BCUT2D eigenvalue weighted by atomic mass is 10.2. The number of alkyl halides is 3. The highest BCUT2D eigenvalue weighted by Gasteiger charge is 2.20. The largest absolute Gasteiger partial charge is 0.493 e. The summed E-state index contributed by atoms with van der Waals surface area (Å²) in [7, 11) is 1.11. The summed E-state index contributed by atoms with van der Waals surface area (Å²) >= 11 is 5.35. The first kappa shape index (κ1) is 11.1. The molecule has 1 aromatic rings. The van der Waals surface area contributed by atoms with Gasteiger partial charge in [0, 0.05) is 6.20 Å². The predicted molar refractivity (Wildman–Crippen MR) is 45.3 cm³/mol. The van der Waals surface area contributed by atoms with Crippen LogP contribution in [0.25, 0.3) is 0 Å². The Morgan fingerprint density at radius 2 is 2.21 bits per heavy atom. The number of aromatic nitrogens is 1. The van der Waals surface area contributed by atoms with Crippen LogP contribution in [0.15, 0.2) is 6.20 Å². The molecule has 0 saturated carbocycles. The molecule has 0 aliphatic carbocycles. The third-order valence-corrected chi connectivity index (χ3v) is 1.89. The lowest BCUT2D eigenvalue weighted by Gasteiger charge is -2.09. The molecule has 78 valence electrons. The van der Waals surface area contributed by atoms with Gasteiger partial charge in [0.2, 0.25) is 0 Å². The number of hydrogen-bond donors (Lipinski definition) is 0. The van der Waals surface area contributed by atoms with E-state index in [2.05, 4.69) is 9.72 Å². The molecule has 0 aliphatic heterocycles. The molecule has 0 spiro atoms. The SMILES string of the molecule is COc1c(C(F)F)cnc(CCl)c1F. The molecule has 1 heterocycles. The molecule has 0 aromatic carbocycles. The zero-order valence-corrected chi connectivity index (χ0v) is 7.99. The molecule has 0 aliphatic rings. The Balaban J connectivity index is 3.28. The molecule has 6 heteroatoms. The Morgan fingerprint density at radius 3 is 2.64 bits per heavy atom. The standard InChI is InChI=1S/C8H7ClF3NO/c1-14-7-4(8(11)12)3-13-5(2-9)6(7)10/h3,8H,2H2,1H3. The smallest absolute Gasteiger partial charge is 0.269 e. The van der Waals surface area contributed by atoms with E-state index in [1.165, 1.54) is 0 Å². The molecule has 1 rings (SSSR count). The zero-order chi connectivity index (χ0) is 10.7. The first-order chi connectivity index (χ1) is 6.61. The molecule has 14 heavy (non-hydrogen) atoms. The minimum absolute atomic E-state index is 0.104. The molecule has 0 bridgehead atoms. The molecule has 0 unspecified atom stereocenters. The summed E-state index contributed by atoms with van der Waals surface area (Å²) in [5.41, 5.74) is -0.674. The van der Waals surface area contributed by atoms with E-state index in [1.54, 1.807) is 0 Å². The van der Waals surface area contributed by atoms with E-state index in [9.17, 15) is 13.2 Å². The van der Waals surface area contributed by atoms with Gasteiger partial charge in [0.25, 0.3) is 6.43 Å². The summed E-state index contributed by atoms with van der Waals surface area (Å²) in [4.78, 5) is 3.46. The molecule has 1 aromatic heterocycles. The fraction of sp³-hybridized carbons (Fsp3) is 0.375. The lowest BCUT2D eigenvalue weighted by molar-refractivity contribution is 0.145. The lowest BCUT2D eigenvalue weighted by Crippen LogP contribution is -2.01. The number of methoxy groups -OCH3 is 1. The van der Waals surface area contributed by atoms with Crippen molar-refractivity contribution in [1.29, 1.82) is 0 Å². The van der Waals surface area contributed by atoms with Crippen molar-refractivity contribution in [1.82, 2.24) is 4.98 Å². The van der Waals surface area contributed by atoms with Gasteiger partial charge in [0.05, 0.1) is 24.2 Å². The Morgan fingerprint density at radius 1 is 1.57 bits per heavy atom. The van der Waals surface area contributed by atoms with Crippen LogP contribution in [0.1, 0.15) is 17.7 Å². The molecule has 0 amide bonds. The monoisotopic (exact) mass is 225 g/mol. The van der Waals surface area contributed by atoms with Gasteiger partial charge < -0.3 is 4.74 Å². The Labute approximate surface area is 83.7 Å². The minimum atomic E-state index is -2.82. The van der Waals surface area contributed by atoms with Crippen LogP contribution in [0.3, 0.4) is 0 Å². The van der Waals surface area contributed by atoms with Gasteiger partial charge in [-0.15, -0.1) is 11.6 Å². The second-order valence-electron chi connectivity index (χ2n) is 2.44. The Bertz CT molecular complexity index is 333. The highest BCUT2D eigenvalue weighted by atomic mass is 35.5. The van der Waals surface area contributed by atoms with Crippen molar-refractivity contribution in [3.63, 3.8) is 0 Å². The molecular weight excluding hydrogens is 219 g/mol. The number of ether oxygens (including phenoxy) is 1. The molecule has 0 atom stereocenters. The summed E-state index contributed by atoms with van der Waals surface area (Å²) in [5, 5.41) is 0. The maximum absolute atomic E-state index is 13.3. The molecule has 2 nitrogen and oxygen atoms in total. The second-order valence-corrected chi connectivity index (χ2v) is 2.71. The molecule has 0 N–H and O–H groups in total. The van der Waals surface area contributed by atoms with E-state index < -0.39 is 23.6 Å². The quantitative estimate of drug-likeness (QED) is 0.738. The first-order valence-electron chi connectivity index (χ1n) is 3.67. The second kappa shape index (κ2) is 4.50. The molecule has 0 fully saturated rings. The van der Waals surface area contributed by atoms with Crippen molar-refractivity contribution in [2.24, 2.45) is 0 Å². The number of rotatable bonds is 3. The van der Waals surface area contributed by atoms with Gasteiger partial charge in [0.15, 0.2) is 11.6 Å². The van der Waals surface area contributed by atoms with E-state index >= 15 is 0 Å². The highest BCUT2D eigenvalue weighted by molar-refractivity contribution is 6.16. The highest BCUT2D eigenvalue weighted by Crippen LogP contribution is 2.31. The van der Waals surface area contributed by atoms with Gasteiger partial charge in [-0.2, -0.15) is 0 Å². The van der Waals surface area contributed by atoms with Gasteiger partial charge in [-0.1, -0.05) is 0 Å². The van der Waals surface area contributed by atoms with Crippen LogP contribution in [0.5, 0.6) is 5.75 Å². The van der Waals surface area contributed by atoms with Crippen LogP contribution >= 0.6 is 11.6 Å². The third-order valence-electron chi connectivity index (χ3n) is 1.64. The van der Waals surface area contributed by atoms with E-state index in [0.29, 0.717) is 0 Å². The van der Waals surface area contributed by atoms with E-state index in [-0.39, 0.29) is 11.6 Å². The topological polar surface area (TPSA) is 22.1 Å². The summed E-state index contributed by atoms with van der Waals surface area (Å²) in [5.74, 6) is -1.61. The summed E-state index contributed by atoms with van der Waals surface area (Å²) in [6.07, 6.45) is -1.96. The van der Waals surface area contributed by atoms with Crippen molar-refractivity contribution in [3.05, 3.63) is 23.3 Å². The van der Waals surface area contributed by atoms with Crippen molar-refractivity contribution < 1.29 is 17.9 Å². The molecule has 0 saturated heterocycles. The predicted octanol–water partition coefficient (Wildman–Crippen LogP) is 2.91. The number of pyridine rings is 1. The van der Waals surface area contributed by atoms with Crippen LogP contribution in [-0.2, 0) is 5.88 Å². The van der Waals surface area contributed by atoms with Crippen molar-refractivity contribution in [2.75, 3.05) is 7.11 Å². The Kier molecular flexibility index (Phi) is 3.57. The van der Waals surface area contributed by atoms with Crippen LogP contribution in [0, 0.1) is 5.82 Å². The van der Waals surface area contributed by atoms with E-state index in [4.69, 9.17) is 11.6 Å². The maximum atomic E-state index is 13.3. The fourth-order valence-electron chi connectivity index (χ4n) is 0.977. The number of nitrogens with zero attached hydrogens (tertiary/aromatic N) is 1. The van der Waals surface area contributed by atoms with Crippen LogP contribution < -0.4 is 4.74 Å². The summed E-state index contributed by atoms with van der Waals surface area (Å²) in [6.45, 7) is 0. The van der Waals surface area contributed by atoms with Crippen molar-refractivity contribution in [3.8, 4) is 5.75 Å². The third kappa shape index (κ3) is 1.92. The first-order valence-corrected chi connectivity index (χ1v) is 4.20. The van der Waals surface area contributed by atoms with Crippen molar-refractivity contribution >= 4 is 11.6 Å². The minimum Gasteiger partial charge on any atom is -0.493 e. The van der Waals surface area contributed by atoms with Crippen LogP contribution in [-0.4, -0.2) is 12.1 Å². The molecule has 0 radical (unpaired) electrons. The van der Waals surface area contributed by atoms with Crippen molar-refractivity contribution in [2.45, 2.75) is 12.3 Å². The average Bonchev–Trinajstić information content (AvgIpc) is 2.17. The van der Waals surface area contributed by atoms with Gasteiger partial charge in [-0.05, 0) is 0 Å². The van der Waals surface area contributed by atoms with Gasteiger partial charge in [0.1, 0.15) is 0 Å². The van der Waals surface area contributed by atoms with Gasteiger partial charge in [-0.25, -0.2) is 13.2 Å². The van der Waals surface area contributed by atoms with Gasteiger partial charge >= 0.3 is 0 Å². The van der Waals surface area contributed by atoms with E-state index in [1.807, 2.05) is 0 Å². The van der Waals surface area contributed by atoms with E-state index in [0.717, 1.165) is 13.3 Å². The Hall–Kier alpha value is -0.970. The normalized spacial score (nSPS) is 10.7. The van der Waals surface area contributed by atoms with Gasteiger partial charge in [-0.3, -0.25) is 4.98 Å². The summed E-state index contributed by atoms with van der Waals surface area (Å²) < 4.78 is 42.4. The summed E-state index contributed by atoms with van der Waals surface area (Å²) in [6, 6.07) is 0. The average molecular weight is 226 g/mol. The number of halogens is 4. The van der Waals surface area contributed by atoms with Crippen LogP contribution in [0.2, 0.25) is 0 Å². The maximum Gasteiger partial charge on any atom is 0.269 e. The number of hydrogen-bond acceptors (Lipinski definition) is 2. The zero-order valence-electron chi connectivity index (χ0n) is 7.23. The molecular formula is C8H7ClF3NO. The van der Waals surface area contributed by atoms with Crippen LogP contribution in [0.4, 0.5) is 13.2 Å².